The quantitative estimate of drug-likeness (QED) is 0.678. The van der Waals surface area contributed by atoms with Crippen LogP contribution < -0.4 is 5.73 Å². The van der Waals surface area contributed by atoms with Crippen LogP contribution in [0.3, 0.4) is 0 Å². The van der Waals surface area contributed by atoms with Crippen LogP contribution in [0.2, 0.25) is 0 Å². The van der Waals surface area contributed by atoms with Crippen molar-refractivity contribution in [2.75, 3.05) is 5.73 Å². The third-order valence-corrected chi connectivity index (χ3v) is 4.40. The molecule has 3 rings (SSSR count). The maximum absolute atomic E-state index is 6.04. The number of rotatable bonds is 1. The minimum atomic E-state index is 0.490. The highest BCUT2D eigenvalue weighted by molar-refractivity contribution is 9.10. The van der Waals surface area contributed by atoms with Crippen LogP contribution >= 0.6 is 31.9 Å². The zero-order chi connectivity index (χ0) is 13.6. The van der Waals surface area contributed by atoms with Crippen LogP contribution in [0.5, 0.6) is 0 Å². The fourth-order valence-electron chi connectivity index (χ4n) is 2.06. The van der Waals surface area contributed by atoms with Crippen LogP contribution in [0, 0.1) is 6.92 Å². The lowest BCUT2D eigenvalue weighted by atomic mass is 10.2. The second-order valence-corrected chi connectivity index (χ2v) is 6.14. The first kappa shape index (κ1) is 12.7. The van der Waals surface area contributed by atoms with Gasteiger partial charge in [0.05, 0.1) is 16.7 Å². The molecule has 0 radical (unpaired) electrons. The van der Waals surface area contributed by atoms with E-state index in [1.165, 1.54) is 5.56 Å². The van der Waals surface area contributed by atoms with Crippen molar-refractivity contribution in [1.82, 2.24) is 9.55 Å². The molecule has 0 fully saturated rings. The van der Waals surface area contributed by atoms with Crippen LogP contribution in [-0.2, 0) is 0 Å². The monoisotopic (exact) mass is 379 g/mol. The van der Waals surface area contributed by atoms with Gasteiger partial charge in [-0.15, -0.1) is 0 Å². The Labute approximate surface area is 127 Å². The number of benzene rings is 2. The summed E-state index contributed by atoms with van der Waals surface area (Å²) in [4.78, 5) is 4.40. The van der Waals surface area contributed by atoms with Crippen molar-refractivity contribution in [2.24, 2.45) is 0 Å². The van der Waals surface area contributed by atoms with E-state index in [9.17, 15) is 0 Å². The lowest BCUT2D eigenvalue weighted by Gasteiger charge is -2.08. The van der Waals surface area contributed by atoms with Crippen molar-refractivity contribution in [2.45, 2.75) is 6.92 Å². The fraction of sp³-hybridized carbons (Fsp3) is 0.0714. The number of nitrogen functional groups attached to an aromatic ring is 1. The number of anilines is 1. The summed E-state index contributed by atoms with van der Waals surface area (Å²) in [6.07, 6.45) is 0. The van der Waals surface area contributed by atoms with Crippen molar-refractivity contribution < 1.29 is 0 Å². The highest BCUT2D eigenvalue weighted by Gasteiger charge is 2.10. The van der Waals surface area contributed by atoms with Gasteiger partial charge in [0.1, 0.15) is 0 Å². The summed E-state index contributed by atoms with van der Waals surface area (Å²) in [5.41, 5.74) is 10.1. The predicted octanol–water partition coefficient (Wildman–Crippen LogP) is 4.44. The summed E-state index contributed by atoms with van der Waals surface area (Å²) in [5.74, 6) is 0.490. The minimum Gasteiger partial charge on any atom is -0.369 e. The molecule has 3 nitrogen and oxygen atoms in total. The molecule has 5 heteroatoms. The molecule has 2 N–H and O–H groups in total. The molecular formula is C14H11Br2N3. The molecule has 0 spiro atoms. The van der Waals surface area contributed by atoms with Crippen molar-refractivity contribution in [3.63, 3.8) is 0 Å². The van der Waals surface area contributed by atoms with E-state index in [4.69, 9.17) is 5.73 Å². The van der Waals surface area contributed by atoms with E-state index in [1.54, 1.807) is 0 Å². The van der Waals surface area contributed by atoms with Crippen LogP contribution in [0.15, 0.2) is 45.3 Å². The van der Waals surface area contributed by atoms with Gasteiger partial charge in [-0.2, -0.15) is 0 Å². The largest absolute Gasteiger partial charge is 0.369 e. The summed E-state index contributed by atoms with van der Waals surface area (Å²) < 4.78 is 4.00. The van der Waals surface area contributed by atoms with E-state index in [0.29, 0.717) is 5.95 Å². The van der Waals surface area contributed by atoms with Gasteiger partial charge in [0.2, 0.25) is 5.95 Å². The molecule has 3 aromatic rings. The third kappa shape index (κ3) is 2.17. The van der Waals surface area contributed by atoms with E-state index in [-0.39, 0.29) is 0 Å². The van der Waals surface area contributed by atoms with Gasteiger partial charge >= 0.3 is 0 Å². The standard InChI is InChI=1S/C14H11Br2N3/c1-8-2-4-10(7-11(8)16)19-13-5-3-9(15)6-12(13)18-14(19)17/h2-7H,1H3,(H2,17,18). The maximum atomic E-state index is 6.04. The van der Waals surface area contributed by atoms with Gasteiger partial charge in [-0.3, -0.25) is 4.57 Å². The SMILES string of the molecule is Cc1ccc(-n2c(N)nc3cc(Br)ccc32)cc1Br. The number of nitrogens with zero attached hydrogens (tertiary/aromatic N) is 2. The van der Waals surface area contributed by atoms with Crippen LogP contribution in [0.25, 0.3) is 16.7 Å². The summed E-state index contributed by atoms with van der Waals surface area (Å²) in [7, 11) is 0. The highest BCUT2D eigenvalue weighted by atomic mass is 79.9. The van der Waals surface area contributed by atoms with E-state index in [2.05, 4.69) is 55.9 Å². The molecule has 0 saturated carbocycles. The lowest BCUT2D eigenvalue weighted by molar-refractivity contribution is 1.10. The van der Waals surface area contributed by atoms with E-state index < -0.39 is 0 Å². The fourth-order valence-corrected chi connectivity index (χ4v) is 2.78. The summed E-state index contributed by atoms with van der Waals surface area (Å²) in [6, 6.07) is 12.1. The Bertz CT molecular complexity index is 778. The number of aromatic nitrogens is 2. The number of imidazole rings is 1. The minimum absolute atomic E-state index is 0.490. The Kier molecular flexibility index (Phi) is 3.11. The first-order chi connectivity index (χ1) is 9.06. The number of hydrogen-bond acceptors (Lipinski definition) is 2. The Morgan fingerprint density at radius 1 is 1.11 bits per heavy atom. The van der Waals surface area contributed by atoms with Gasteiger partial charge < -0.3 is 5.73 Å². The summed E-state index contributed by atoms with van der Waals surface area (Å²) >= 11 is 7.00. The molecule has 0 saturated heterocycles. The molecule has 2 aromatic carbocycles. The smallest absolute Gasteiger partial charge is 0.205 e. The average Bonchev–Trinajstić information content (AvgIpc) is 2.68. The topological polar surface area (TPSA) is 43.8 Å². The van der Waals surface area contributed by atoms with Crippen LogP contribution in [0.4, 0.5) is 5.95 Å². The van der Waals surface area contributed by atoms with Gasteiger partial charge in [0.25, 0.3) is 0 Å². The van der Waals surface area contributed by atoms with Crippen molar-refractivity contribution in [3.05, 3.63) is 50.9 Å². The molecule has 96 valence electrons. The first-order valence-corrected chi connectivity index (χ1v) is 7.35. The van der Waals surface area contributed by atoms with E-state index in [0.717, 1.165) is 25.7 Å². The highest BCUT2D eigenvalue weighted by Crippen LogP contribution is 2.28. The van der Waals surface area contributed by atoms with Crippen molar-refractivity contribution >= 4 is 48.8 Å². The molecule has 0 aliphatic heterocycles. The molecule has 0 aliphatic rings. The van der Waals surface area contributed by atoms with Crippen molar-refractivity contribution in [1.29, 1.82) is 0 Å². The Hall–Kier alpha value is -1.33. The van der Waals surface area contributed by atoms with Crippen LogP contribution in [-0.4, -0.2) is 9.55 Å². The Morgan fingerprint density at radius 2 is 1.89 bits per heavy atom. The zero-order valence-corrected chi connectivity index (χ0v) is 13.4. The second kappa shape index (κ2) is 4.65. The molecule has 0 amide bonds. The van der Waals surface area contributed by atoms with E-state index >= 15 is 0 Å². The van der Waals surface area contributed by atoms with Gasteiger partial charge in [-0.1, -0.05) is 37.9 Å². The molecule has 0 bridgehead atoms. The van der Waals surface area contributed by atoms with Gasteiger partial charge in [-0.25, -0.2) is 4.98 Å². The summed E-state index contributed by atoms with van der Waals surface area (Å²) in [6.45, 7) is 2.06. The molecule has 1 aromatic heterocycles. The van der Waals surface area contributed by atoms with Gasteiger partial charge in [0, 0.05) is 8.95 Å². The molecule has 0 unspecified atom stereocenters. The molecule has 0 aliphatic carbocycles. The number of aryl methyl sites for hydroxylation is 1. The maximum Gasteiger partial charge on any atom is 0.205 e. The normalized spacial score (nSPS) is 11.1. The van der Waals surface area contributed by atoms with E-state index in [1.807, 2.05) is 28.8 Å². The Morgan fingerprint density at radius 3 is 2.63 bits per heavy atom. The molecule has 0 atom stereocenters. The predicted molar refractivity (Wildman–Crippen MR) is 85.6 cm³/mol. The van der Waals surface area contributed by atoms with Gasteiger partial charge in [-0.05, 0) is 42.8 Å². The van der Waals surface area contributed by atoms with Crippen molar-refractivity contribution in [3.8, 4) is 5.69 Å². The Balaban J connectivity index is 2.29. The lowest BCUT2D eigenvalue weighted by Crippen LogP contribution is -2.00. The van der Waals surface area contributed by atoms with Gasteiger partial charge in [0.15, 0.2) is 0 Å². The molecule has 1 heterocycles. The number of halogens is 2. The summed E-state index contributed by atoms with van der Waals surface area (Å²) in [5, 5.41) is 0. The molecular weight excluding hydrogens is 370 g/mol. The third-order valence-electron chi connectivity index (χ3n) is 3.06. The number of nitrogens with two attached hydrogens (primary N) is 1. The second-order valence-electron chi connectivity index (χ2n) is 4.37. The molecule has 19 heavy (non-hydrogen) atoms. The number of hydrogen-bond donors (Lipinski definition) is 1. The first-order valence-electron chi connectivity index (χ1n) is 5.76. The zero-order valence-electron chi connectivity index (χ0n) is 10.2. The average molecular weight is 381 g/mol. The number of fused-ring (bicyclic) bond motifs is 1. The van der Waals surface area contributed by atoms with Crippen LogP contribution in [0.1, 0.15) is 5.56 Å².